The van der Waals surface area contributed by atoms with Crippen molar-refractivity contribution in [3.63, 3.8) is 0 Å². The van der Waals surface area contributed by atoms with Gasteiger partial charge < -0.3 is 20.1 Å². The first kappa shape index (κ1) is 15.6. The summed E-state index contributed by atoms with van der Waals surface area (Å²) in [6.45, 7) is 7.25. The predicted octanol–water partition coefficient (Wildman–Crippen LogP) is 1.60. The molecule has 1 saturated carbocycles. The molecule has 0 aromatic rings. The third kappa shape index (κ3) is 4.63. The number of amides is 1. The molecule has 0 radical (unpaired) electrons. The van der Waals surface area contributed by atoms with Crippen LogP contribution in [-0.4, -0.2) is 54.5 Å². The Labute approximate surface area is 121 Å². The van der Waals surface area contributed by atoms with E-state index in [1.165, 1.54) is 12.8 Å². The predicted molar refractivity (Wildman–Crippen MR) is 77.5 cm³/mol. The largest absolute Gasteiger partial charge is 0.450 e. The minimum Gasteiger partial charge on any atom is -0.450 e. The number of carbonyl (C=O) groups is 1. The molecule has 1 aliphatic carbocycles. The van der Waals surface area contributed by atoms with Gasteiger partial charge in [0.15, 0.2) is 0 Å². The minimum atomic E-state index is -0.322. The number of aliphatic hydroxyl groups is 1. The normalized spacial score (nSPS) is 28.9. The first-order valence-corrected chi connectivity index (χ1v) is 7.96. The van der Waals surface area contributed by atoms with Crippen LogP contribution < -0.4 is 5.32 Å². The van der Waals surface area contributed by atoms with Gasteiger partial charge in [0.25, 0.3) is 0 Å². The third-order valence-corrected chi connectivity index (χ3v) is 4.40. The van der Waals surface area contributed by atoms with Crippen molar-refractivity contribution < 1.29 is 14.6 Å². The third-order valence-electron chi connectivity index (χ3n) is 4.40. The second-order valence-corrected chi connectivity index (χ2v) is 6.16. The van der Waals surface area contributed by atoms with Crippen molar-refractivity contribution in [2.24, 2.45) is 11.8 Å². The van der Waals surface area contributed by atoms with Gasteiger partial charge in [-0.15, -0.1) is 0 Å². The Kier molecular flexibility index (Phi) is 5.66. The van der Waals surface area contributed by atoms with Gasteiger partial charge in [0, 0.05) is 19.1 Å². The number of piperidine rings is 1. The molecule has 0 bridgehead atoms. The van der Waals surface area contributed by atoms with Crippen molar-refractivity contribution >= 4 is 6.09 Å². The van der Waals surface area contributed by atoms with Gasteiger partial charge in [0.05, 0.1) is 12.7 Å². The fourth-order valence-electron chi connectivity index (χ4n) is 3.19. The Bertz CT molecular complexity index is 320. The lowest BCUT2D eigenvalue weighted by atomic mass is 9.88. The Hall–Kier alpha value is -0.810. The highest BCUT2D eigenvalue weighted by Gasteiger charge is 2.34. The standard InChI is InChI=1S/C15H28N2O3/c1-3-17-9-11(8-14(18)12-5-6-12)7-13(10-17)16-15(19)20-4-2/h11-14,18H,3-10H2,1-2H3,(H,16,19). The summed E-state index contributed by atoms with van der Waals surface area (Å²) >= 11 is 0. The molecule has 1 saturated heterocycles. The number of hydrogen-bond acceptors (Lipinski definition) is 4. The number of nitrogens with one attached hydrogen (secondary N) is 1. The average molecular weight is 284 g/mol. The molecule has 3 unspecified atom stereocenters. The Balaban J connectivity index is 1.83. The fraction of sp³-hybridized carbons (Fsp3) is 0.933. The highest BCUT2D eigenvalue weighted by molar-refractivity contribution is 5.67. The lowest BCUT2D eigenvalue weighted by Crippen LogP contribution is -2.51. The van der Waals surface area contributed by atoms with Crippen LogP contribution in [0.5, 0.6) is 0 Å². The summed E-state index contributed by atoms with van der Waals surface area (Å²) in [5.74, 6) is 0.995. The van der Waals surface area contributed by atoms with Crippen LogP contribution in [0.15, 0.2) is 0 Å². The van der Waals surface area contributed by atoms with Gasteiger partial charge in [-0.1, -0.05) is 6.92 Å². The Morgan fingerprint density at radius 1 is 1.40 bits per heavy atom. The molecule has 0 aromatic heterocycles. The number of hydrogen-bond donors (Lipinski definition) is 2. The molecule has 116 valence electrons. The number of nitrogens with zero attached hydrogens (tertiary/aromatic N) is 1. The molecular formula is C15H28N2O3. The van der Waals surface area contributed by atoms with E-state index in [0.717, 1.165) is 32.5 Å². The number of likely N-dealkylation sites (N-methyl/N-ethyl adjacent to an activating group) is 1. The van der Waals surface area contributed by atoms with E-state index in [4.69, 9.17) is 4.74 Å². The lowest BCUT2D eigenvalue weighted by Gasteiger charge is -2.38. The number of carbonyl (C=O) groups excluding carboxylic acids is 1. The van der Waals surface area contributed by atoms with Crippen LogP contribution in [0, 0.1) is 11.8 Å². The number of likely N-dealkylation sites (tertiary alicyclic amines) is 1. The van der Waals surface area contributed by atoms with Crippen LogP contribution >= 0.6 is 0 Å². The van der Waals surface area contributed by atoms with Crippen molar-refractivity contribution in [1.82, 2.24) is 10.2 Å². The molecule has 2 fully saturated rings. The number of alkyl carbamates (subject to hydrolysis) is 1. The molecule has 20 heavy (non-hydrogen) atoms. The average Bonchev–Trinajstić information content (AvgIpc) is 3.22. The molecular weight excluding hydrogens is 256 g/mol. The van der Waals surface area contributed by atoms with E-state index in [-0.39, 0.29) is 18.2 Å². The van der Waals surface area contributed by atoms with Gasteiger partial charge in [-0.2, -0.15) is 0 Å². The van der Waals surface area contributed by atoms with Crippen LogP contribution in [0.3, 0.4) is 0 Å². The smallest absolute Gasteiger partial charge is 0.407 e. The molecule has 2 N–H and O–H groups in total. The summed E-state index contributed by atoms with van der Waals surface area (Å²) in [7, 11) is 0. The summed E-state index contributed by atoms with van der Waals surface area (Å²) in [4.78, 5) is 13.9. The maximum absolute atomic E-state index is 11.6. The molecule has 2 rings (SSSR count). The second-order valence-electron chi connectivity index (χ2n) is 6.16. The van der Waals surface area contributed by atoms with Crippen molar-refractivity contribution in [2.45, 2.75) is 51.7 Å². The van der Waals surface area contributed by atoms with Crippen LogP contribution in [0.2, 0.25) is 0 Å². The van der Waals surface area contributed by atoms with Crippen molar-refractivity contribution in [3.05, 3.63) is 0 Å². The molecule has 5 heteroatoms. The van der Waals surface area contributed by atoms with E-state index in [1.807, 2.05) is 6.92 Å². The van der Waals surface area contributed by atoms with Gasteiger partial charge in [0.1, 0.15) is 0 Å². The monoisotopic (exact) mass is 284 g/mol. The van der Waals surface area contributed by atoms with E-state index >= 15 is 0 Å². The summed E-state index contributed by atoms with van der Waals surface area (Å²) in [6.07, 6.45) is 3.68. The highest BCUT2D eigenvalue weighted by Crippen LogP contribution is 2.36. The molecule has 2 aliphatic rings. The molecule has 0 aromatic carbocycles. The van der Waals surface area contributed by atoms with Crippen LogP contribution in [0.4, 0.5) is 4.79 Å². The zero-order chi connectivity index (χ0) is 14.5. The molecule has 1 heterocycles. The van der Waals surface area contributed by atoms with Gasteiger partial charge in [-0.3, -0.25) is 0 Å². The van der Waals surface area contributed by atoms with E-state index in [1.54, 1.807) is 0 Å². The van der Waals surface area contributed by atoms with Gasteiger partial charge in [-0.05, 0) is 51.0 Å². The number of ether oxygens (including phenoxy) is 1. The zero-order valence-electron chi connectivity index (χ0n) is 12.7. The topological polar surface area (TPSA) is 61.8 Å². The maximum atomic E-state index is 11.6. The molecule has 5 nitrogen and oxygen atoms in total. The SMILES string of the molecule is CCOC(=O)NC1CC(CC(O)C2CC2)CN(CC)C1. The summed E-state index contributed by atoms with van der Waals surface area (Å²) in [5.41, 5.74) is 0. The fourth-order valence-corrected chi connectivity index (χ4v) is 3.19. The van der Waals surface area contributed by atoms with E-state index in [2.05, 4.69) is 17.1 Å². The molecule has 0 spiro atoms. The van der Waals surface area contributed by atoms with E-state index in [0.29, 0.717) is 18.4 Å². The maximum Gasteiger partial charge on any atom is 0.407 e. The Morgan fingerprint density at radius 2 is 2.15 bits per heavy atom. The van der Waals surface area contributed by atoms with Crippen molar-refractivity contribution in [1.29, 1.82) is 0 Å². The first-order valence-electron chi connectivity index (χ1n) is 7.96. The first-order chi connectivity index (χ1) is 9.62. The molecule has 3 atom stereocenters. The second kappa shape index (κ2) is 7.27. The number of aliphatic hydroxyl groups excluding tert-OH is 1. The van der Waals surface area contributed by atoms with E-state index in [9.17, 15) is 9.90 Å². The van der Waals surface area contributed by atoms with Crippen molar-refractivity contribution in [2.75, 3.05) is 26.2 Å². The summed E-state index contributed by atoms with van der Waals surface area (Å²) in [5, 5.41) is 13.1. The van der Waals surface area contributed by atoms with Crippen LogP contribution in [0.1, 0.15) is 39.5 Å². The Morgan fingerprint density at radius 3 is 2.75 bits per heavy atom. The van der Waals surface area contributed by atoms with Gasteiger partial charge >= 0.3 is 6.09 Å². The highest BCUT2D eigenvalue weighted by atomic mass is 16.5. The van der Waals surface area contributed by atoms with Gasteiger partial charge in [-0.25, -0.2) is 4.79 Å². The minimum absolute atomic E-state index is 0.138. The van der Waals surface area contributed by atoms with Crippen LogP contribution in [-0.2, 0) is 4.74 Å². The van der Waals surface area contributed by atoms with E-state index < -0.39 is 0 Å². The van der Waals surface area contributed by atoms with Crippen LogP contribution in [0.25, 0.3) is 0 Å². The number of rotatable bonds is 6. The quantitative estimate of drug-likeness (QED) is 0.778. The summed E-state index contributed by atoms with van der Waals surface area (Å²) in [6, 6.07) is 0.138. The van der Waals surface area contributed by atoms with Crippen molar-refractivity contribution in [3.8, 4) is 0 Å². The molecule has 1 amide bonds. The summed E-state index contributed by atoms with van der Waals surface area (Å²) < 4.78 is 4.96. The lowest BCUT2D eigenvalue weighted by molar-refractivity contribution is 0.0742. The molecule has 1 aliphatic heterocycles. The zero-order valence-corrected chi connectivity index (χ0v) is 12.7. The van der Waals surface area contributed by atoms with Gasteiger partial charge in [0.2, 0.25) is 0 Å².